The monoisotopic (exact) mass is 602 g/mol. The van der Waals surface area contributed by atoms with Crippen LogP contribution in [-0.2, 0) is 0 Å². The molecule has 0 aliphatic carbocycles. The van der Waals surface area contributed by atoms with Crippen LogP contribution in [-0.4, -0.2) is 19.9 Å². The molecule has 4 nitrogen and oxygen atoms in total. The lowest BCUT2D eigenvalue weighted by Crippen LogP contribution is -2.00. The zero-order valence-electron chi connectivity index (χ0n) is 25.9. The quantitative estimate of drug-likeness (QED) is 0.190. The van der Waals surface area contributed by atoms with E-state index in [1.54, 1.807) is 0 Å². The molecule has 0 fully saturated rings. The molecule has 0 unspecified atom stereocenters. The van der Waals surface area contributed by atoms with Crippen molar-refractivity contribution in [2.24, 2.45) is 0 Å². The van der Waals surface area contributed by atoms with Gasteiger partial charge in [0.2, 0.25) is 0 Å². The van der Waals surface area contributed by atoms with Crippen molar-refractivity contribution in [1.29, 1.82) is 0 Å². The van der Waals surface area contributed by atoms with Gasteiger partial charge in [0.05, 0.1) is 33.8 Å². The second-order valence-corrected chi connectivity index (χ2v) is 11.6. The minimum atomic E-state index is 0.829. The Bertz CT molecular complexity index is 2300. The Balaban J connectivity index is 1.39. The first-order valence-corrected chi connectivity index (χ1v) is 15.7. The summed E-state index contributed by atoms with van der Waals surface area (Å²) in [5.74, 6) is 0. The average molecular weight is 603 g/mol. The number of rotatable bonds is 6. The highest BCUT2D eigenvalue weighted by atomic mass is 14.8. The number of hydrogen-bond acceptors (Lipinski definition) is 4. The van der Waals surface area contributed by atoms with Crippen molar-refractivity contribution < 1.29 is 0 Å². The maximum atomic E-state index is 5.54. The molecule has 0 amide bonds. The Morgan fingerprint density at radius 2 is 0.830 bits per heavy atom. The van der Waals surface area contributed by atoms with Gasteiger partial charge >= 0.3 is 0 Å². The van der Waals surface area contributed by atoms with Crippen LogP contribution < -0.4 is 0 Å². The molecular formula is C43H30N4. The molecule has 5 aromatic carbocycles. The lowest BCUT2D eigenvalue weighted by molar-refractivity contribution is 1.28. The van der Waals surface area contributed by atoms with Crippen LogP contribution in [0.4, 0.5) is 0 Å². The molecule has 0 spiro atoms. The van der Waals surface area contributed by atoms with E-state index in [1.165, 1.54) is 0 Å². The van der Waals surface area contributed by atoms with Crippen LogP contribution in [0.3, 0.4) is 0 Å². The molecule has 8 rings (SSSR count). The normalized spacial score (nSPS) is 11.1. The molecule has 0 atom stereocenters. The number of aromatic nitrogens is 4. The standard InChI is InChI=1S/C43H30N4/c1-29-28-36(30-12-4-2-5-13-30)42-43(39(29)33-14-6-3-7-15-33)47-41(35-24-20-32(21-25-35)38-17-9-11-27-45-38)40(46-42)34-22-18-31(19-23-34)37-16-8-10-26-44-37/h2-28H,1H3. The van der Waals surface area contributed by atoms with Gasteiger partial charge in [0.1, 0.15) is 0 Å². The minimum Gasteiger partial charge on any atom is -0.256 e. The number of pyridine rings is 2. The molecule has 0 saturated heterocycles. The fourth-order valence-electron chi connectivity index (χ4n) is 6.22. The first-order chi connectivity index (χ1) is 23.2. The summed E-state index contributed by atoms with van der Waals surface area (Å²) in [5.41, 5.74) is 14.9. The molecular weight excluding hydrogens is 573 g/mol. The van der Waals surface area contributed by atoms with E-state index < -0.39 is 0 Å². The highest BCUT2D eigenvalue weighted by Gasteiger charge is 2.21. The molecule has 0 N–H and O–H groups in total. The summed E-state index contributed by atoms with van der Waals surface area (Å²) in [4.78, 5) is 20.2. The van der Waals surface area contributed by atoms with Crippen molar-refractivity contribution >= 4 is 11.0 Å². The molecule has 0 radical (unpaired) electrons. The van der Waals surface area contributed by atoms with E-state index in [-0.39, 0.29) is 0 Å². The van der Waals surface area contributed by atoms with Crippen molar-refractivity contribution in [1.82, 2.24) is 19.9 Å². The van der Waals surface area contributed by atoms with Crippen molar-refractivity contribution in [2.75, 3.05) is 0 Å². The van der Waals surface area contributed by atoms with Gasteiger partial charge in [-0.2, -0.15) is 0 Å². The van der Waals surface area contributed by atoms with Crippen LogP contribution in [0.2, 0.25) is 0 Å². The fraction of sp³-hybridized carbons (Fsp3) is 0.0233. The smallest absolute Gasteiger partial charge is 0.0982 e. The summed E-state index contributed by atoms with van der Waals surface area (Å²) in [5, 5.41) is 0. The number of benzene rings is 5. The molecule has 0 saturated carbocycles. The fourth-order valence-corrected chi connectivity index (χ4v) is 6.22. The van der Waals surface area contributed by atoms with Crippen LogP contribution in [0.25, 0.3) is 78.3 Å². The predicted octanol–water partition coefficient (Wildman–Crippen LogP) is 10.7. The van der Waals surface area contributed by atoms with Crippen LogP contribution in [0.1, 0.15) is 5.56 Å². The van der Waals surface area contributed by atoms with E-state index in [0.717, 1.165) is 83.9 Å². The van der Waals surface area contributed by atoms with E-state index in [9.17, 15) is 0 Å². The number of nitrogens with zero attached hydrogens (tertiary/aromatic N) is 4. The van der Waals surface area contributed by atoms with E-state index in [4.69, 9.17) is 9.97 Å². The van der Waals surface area contributed by atoms with Gasteiger partial charge in [-0.15, -0.1) is 0 Å². The average Bonchev–Trinajstić information content (AvgIpc) is 3.15. The molecule has 3 heterocycles. The maximum Gasteiger partial charge on any atom is 0.0982 e. The summed E-state index contributed by atoms with van der Waals surface area (Å²) >= 11 is 0. The summed E-state index contributed by atoms with van der Waals surface area (Å²) in [7, 11) is 0. The summed E-state index contributed by atoms with van der Waals surface area (Å²) < 4.78 is 0. The van der Waals surface area contributed by atoms with Gasteiger partial charge in [-0.05, 0) is 53.9 Å². The third-order valence-corrected chi connectivity index (χ3v) is 8.53. The van der Waals surface area contributed by atoms with Gasteiger partial charge in [-0.1, -0.05) is 121 Å². The molecule has 3 aromatic heterocycles. The van der Waals surface area contributed by atoms with Crippen molar-refractivity contribution in [2.45, 2.75) is 6.92 Å². The second kappa shape index (κ2) is 12.3. The maximum absolute atomic E-state index is 5.54. The third kappa shape index (κ3) is 5.47. The first kappa shape index (κ1) is 28.2. The van der Waals surface area contributed by atoms with Gasteiger partial charge in [-0.3, -0.25) is 9.97 Å². The Kier molecular flexibility index (Phi) is 7.37. The number of fused-ring (bicyclic) bond motifs is 1. The lowest BCUT2D eigenvalue weighted by Gasteiger charge is -2.18. The Morgan fingerprint density at radius 1 is 0.383 bits per heavy atom. The molecule has 8 aromatic rings. The number of aryl methyl sites for hydroxylation is 1. The molecule has 222 valence electrons. The Hall–Kier alpha value is -6.26. The van der Waals surface area contributed by atoms with Crippen LogP contribution in [0.5, 0.6) is 0 Å². The van der Waals surface area contributed by atoms with E-state index in [0.29, 0.717) is 0 Å². The zero-order valence-corrected chi connectivity index (χ0v) is 25.9. The first-order valence-electron chi connectivity index (χ1n) is 15.7. The molecule has 0 bridgehead atoms. The summed E-state index contributed by atoms with van der Waals surface area (Å²) in [6.07, 6.45) is 3.64. The lowest BCUT2D eigenvalue weighted by atomic mass is 9.92. The largest absolute Gasteiger partial charge is 0.256 e. The van der Waals surface area contributed by atoms with Crippen LogP contribution in [0, 0.1) is 6.92 Å². The van der Waals surface area contributed by atoms with Gasteiger partial charge in [0, 0.05) is 45.8 Å². The van der Waals surface area contributed by atoms with Crippen LogP contribution in [0.15, 0.2) is 164 Å². The van der Waals surface area contributed by atoms with E-state index >= 15 is 0 Å². The Labute approximate surface area is 274 Å². The van der Waals surface area contributed by atoms with Gasteiger partial charge in [-0.25, -0.2) is 9.97 Å². The third-order valence-electron chi connectivity index (χ3n) is 8.53. The van der Waals surface area contributed by atoms with Crippen molar-refractivity contribution in [3.63, 3.8) is 0 Å². The highest BCUT2D eigenvalue weighted by molar-refractivity contribution is 6.04. The SMILES string of the molecule is Cc1cc(-c2ccccc2)c2nc(-c3ccc(-c4ccccn4)cc3)c(-c3ccc(-c4ccccn4)cc3)nc2c1-c1ccccc1. The molecule has 47 heavy (non-hydrogen) atoms. The summed E-state index contributed by atoms with van der Waals surface area (Å²) in [6.45, 7) is 2.17. The van der Waals surface area contributed by atoms with Crippen molar-refractivity contribution in [3.05, 3.63) is 170 Å². The summed E-state index contributed by atoms with van der Waals surface area (Å²) in [6, 6.07) is 52.1. The van der Waals surface area contributed by atoms with E-state index in [1.807, 2.05) is 60.9 Å². The molecule has 0 aliphatic rings. The van der Waals surface area contributed by atoms with Crippen LogP contribution >= 0.6 is 0 Å². The van der Waals surface area contributed by atoms with Gasteiger partial charge in [0.15, 0.2) is 0 Å². The topological polar surface area (TPSA) is 51.6 Å². The molecule has 4 heteroatoms. The molecule has 0 aliphatic heterocycles. The van der Waals surface area contributed by atoms with Crippen molar-refractivity contribution in [3.8, 4) is 67.3 Å². The number of hydrogen-bond donors (Lipinski definition) is 0. The second-order valence-electron chi connectivity index (χ2n) is 11.6. The van der Waals surface area contributed by atoms with Gasteiger partial charge < -0.3 is 0 Å². The predicted molar refractivity (Wildman–Crippen MR) is 192 cm³/mol. The Morgan fingerprint density at radius 3 is 1.32 bits per heavy atom. The van der Waals surface area contributed by atoms with Gasteiger partial charge in [0.25, 0.3) is 0 Å². The highest BCUT2D eigenvalue weighted by Crippen LogP contribution is 2.41. The minimum absolute atomic E-state index is 0.829. The van der Waals surface area contributed by atoms with E-state index in [2.05, 4.69) is 120 Å². The zero-order chi connectivity index (χ0) is 31.6.